The molecule has 0 spiro atoms. The summed E-state index contributed by atoms with van der Waals surface area (Å²) in [5.41, 5.74) is 14.9. The SMILES string of the molecule is COC(=O)CCCCC(=O)N[C@@H](C)C(=O)C[C@@H](C)C(=O)Nc1cc(CBr)cc(CBr)c1.COC(=O)CCCCC(=O)N[C@@H](C)C(=O)C[C@@H](C)C(=O)Nc1cc(COc2cc3c(cc2C)C(=O)N2c4ccccc4C[C@H]2C=N3)cc(COc2cc3c(cc2OC)C(=O)N2c4ccccc4C[C@H]2C=N3)c1.Cc1cc2c(cc1O)N=C[C@@H]1Cc3ccccc3N1C2=O.O=CO[O-].[H-].[K+].[K+]. The first-order valence-electron chi connectivity index (χ1n) is 41.9. The number of para-hydroxylation sites is 3. The summed E-state index contributed by atoms with van der Waals surface area (Å²) in [6.07, 6.45) is 10.3. The monoisotopic (exact) mass is 1950 g/mol. The standard InChI is InChI=1S/C56H56N6O10.C22H30Br2N2O5.C17H14N2O2.CH2O3.2K.H/c1-32-18-42-44(57-28-40-23-37-12-6-8-14-46(37)61(40)55(42)67)26-49(32)71-30-35-20-36(22-39(21-35)60-54(66)33(2)19-48(63)34(3)59-52(64)16-10-11-17-53(65)70-5)31-72-51-27-45-43(25-50(51)69-4)56(68)62-41(29-58-45)24-38-13-7-9-15-47(38)62;1-14(22(30)26-18-10-16(12-23)9-17(11-18)13-24)8-19(27)15(2)25-20(28)6-4-5-7-21(29)31-3;1-10-6-13-14(8-16(10)20)18-9-12-7-11-4-2-3-5-15(11)19(12)17(13)21;2-1-4-3;;;/h6-9,12-15,18,20-22,25-29,33-34,40-41H,10-11,16-17,19,23-24,30-31H2,1-5H3,(H,59,64)(H,60,66);9-11,14-15H,4-8,12-13H2,1-3H3,(H,25,28)(H,26,30);2-6,8-9,12,20H,7H2,1H3;1,3H;;;/q;;;;2*+1;-1/p-1/t33-,34+,40+,41+;14-,15+;12-;;;;/m110..../s1. The topological polar surface area (TPSA) is 398 Å². The van der Waals surface area contributed by atoms with Crippen molar-refractivity contribution in [3.8, 4) is 23.0 Å². The van der Waals surface area contributed by atoms with Crippen LogP contribution in [0.3, 0.4) is 0 Å². The third-order valence-corrected chi connectivity index (χ3v) is 23.7. The molecule has 5 N–H and O–H groups in total. The molecule has 0 aromatic heterocycles. The molecule has 6 aliphatic heterocycles. The fourth-order valence-electron chi connectivity index (χ4n) is 15.5. The Morgan fingerprint density at radius 1 is 0.492 bits per heavy atom. The Kier molecular flexibility index (Phi) is 39.7. The predicted molar refractivity (Wildman–Crippen MR) is 490 cm³/mol. The molecule has 7 amide bonds. The molecule has 130 heavy (non-hydrogen) atoms. The van der Waals surface area contributed by atoms with Crippen molar-refractivity contribution in [1.29, 1.82) is 0 Å². The summed E-state index contributed by atoms with van der Waals surface area (Å²) in [5.74, 6) is -2.71. The van der Waals surface area contributed by atoms with Gasteiger partial charge in [0, 0.05) is 146 Å². The molecule has 6 aliphatic rings. The maximum atomic E-state index is 14.1. The number of alkyl halides is 2. The second kappa shape index (κ2) is 49.6. The number of aliphatic imine (C=N–C) groups is 3. The Morgan fingerprint density at radius 2 is 0.846 bits per heavy atom. The molecule has 6 heterocycles. The van der Waals surface area contributed by atoms with Crippen LogP contribution < -0.4 is 158 Å². The van der Waals surface area contributed by atoms with Gasteiger partial charge in [-0.15, -0.1) is 0 Å². The van der Waals surface area contributed by atoms with E-state index in [-0.39, 0.29) is 245 Å². The number of unbranched alkanes of at least 4 members (excludes halogenated alkanes) is 2. The van der Waals surface area contributed by atoms with Crippen LogP contribution in [0.4, 0.5) is 45.5 Å². The van der Waals surface area contributed by atoms with E-state index in [9.17, 15) is 57.8 Å². The normalized spacial score (nSPS) is 15.5. The van der Waals surface area contributed by atoms with E-state index in [1.807, 2.05) is 110 Å². The molecule has 0 bridgehead atoms. The smallest absolute Gasteiger partial charge is 1.00 e. The van der Waals surface area contributed by atoms with E-state index in [1.54, 1.807) is 110 Å². The molecule has 672 valence electrons. The molecule has 0 aliphatic carbocycles. The van der Waals surface area contributed by atoms with Crippen LogP contribution in [-0.4, -0.2) is 147 Å². The van der Waals surface area contributed by atoms with E-state index in [2.05, 4.69) is 72.5 Å². The van der Waals surface area contributed by atoms with Crippen molar-refractivity contribution in [2.45, 2.75) is 179 Å². The van der Waals surface area contributed by atoms with E-state index in [1.165, 1.54) is 26.9 Å². The quantitative estimate of drug-likeness (QED) is 0.00503. The van der Waals surface area contributed by atoms with Crippen LogP contribution in [0.5, 0.6) is 23.0 Å². The van der Waals surface area contributed by atoms with Crippen molar-refractivity contribution < 1.29 is 201 Å². The van der Waals surface area contributed by atoms with Gasteiger partial charge in [0.05, 0.1) is 85.3 Å². The van der Waals surface area contributed by atoms with Gasteiger partial charge in [-0.1, -0.05) is 106 Å². The third-order valence-electron chi connectivity index (χ3n) is 22.4. The van der Waals surface area contributed by atoms with Gasteiger partial charge in [0.2, 0.25) is 23.6 Å². The van der Waals surface area contributed by atoms with Gasteiger partial charge in [-0.2, -0.15) is 0 Å². The number of nitrogens with one attached hydrogen (secondary N) is 4. The number of phenolic OH excluding ortho intramolecular Hbond substituents is 1. The first kappa shape index (κ1) is 104. The molecule has 7 atom stereocenters. The first-order valence-corrected chi connectivity index (χ1v) is 44.1. The van der Waals surface area contributed by atoms with E-state index in [0.717, 1.165) is 51.3 Å². The summed E-state index contributed by atoms with van der Waals surface area (Å²) in [6.45, 7) is 10.1. The second-order valence-corrected chi connectivity index (χ2v) is 32.9. The number of aryl methyl sites for hydroxylation is 2. The van der Waals surface area contributed by atoms with Gasteiger partial charge >= 0.3 is 115 Å². The molecular formula is C96H102Br2K2N10O20. The average molecular weight is 1950 g/mol. The molecule has 0 saturated carbocycles. The zero-order valence-corrected chi connectivity index (χ0v) is 83.8. The minimum atomic E-state index is -0.825. The van der Waals surface area contributed by atoms with Crippen molar-refractivity contribution in [2.75, 3.05) is 46.7 Å². The predicted octanol–water partition coefficient (Wildman–Crippen LogP) is 8.30. The summed E-state index contributed by atoms with van der Waals surface area (Å²) in [4.78, 5) is 170. The second-order valence-electron chi connectivity index (χ2n) is 31.8. The summed E-state index contributed by atoms with van der Waals surface area (Å²) in [6, 6.07) is 43.1. The number of carbonyl (C=O) groups excluding carboxylic acids is 12. The molecule has 0 unspecified atom stereocenters. The van der Waals surface area contributed by atoms with Gasteiger partial charge in [-0.25, -0.2) is 0 Å². The van der Waals surface area contributed by atoms with Gasteiger partial charge in [0.25, 0.3) is 24.2 Å². The Bertz CT molecular complexity index is 5640. The van der Waals surface area contributed by atoms with Crippen molar-refractivity contribution in [2.24, 2.45) is 26.8 Å². The Balaban J connectivity index is 0.000000293. The number of nitrogens with zero attached hydrogens (tertiary/aromatic N) is 6. The van der Waals surface area contributed by atoms with E-state index >= 15 is 0 Å². The number of halogens is 2. The fourth-order valence-corrected chi connectivity index (χ4v) is 16.2. The number of anilines is 5. The average Bonchev–Trinajstić information content (AvgIpc) is 1.63. The number of rotatable bonds is 32. The van der Waals surface area contributed by atoms with Crippen LogP contribution in [0.25, 0.3) is 0 Å². The molecule has 8 aromatic rings. The number of amides is 7. The van der Waals surface area contributed by atoms with Gasteiger partial charge in [0.15, 0.2) is 23.1 Å². The largest absolute Gasteiger partial charge is 1.00 e. The van der Waals surface area contributed by atoms with Gasteiger partial charge in [0.1, 0.15) is 24.7 Å². The van der Waals surface area contributed by atoms with Crippen LogP contribution in [-0.2, 0) is 101 Å². The summed E-state index contributed by atoms with van der Waals surface area (Å²) in [5, 5.41) is 30.8. The van der Waals surface area contributed by atoms with Crippen LogP contribution in [0.2, 0.25) is 0 Å². The number of hydrogen-bond acceptors (Lipinski definition) is 23. The van der Waals surface area contributed by atoms with Gasteiger partial charge in [-0.05, 0) is 170 Å². The summed E-state index contributed by atoms with van der Waals surface area (Å²) < 4.78 is 27.8. The molecule has 34 heteroatoms. The fraction of sp³-hybridized carbons (Fsp3) is 0.344. The number of aromatic hydroxyl groups is 1. The number of ketones is 2. The molecule has 30 nitrogen and oxygen atoms in total. The Morgan fingerprint density at radius 3 is 1.24 bits per heavy atom. The zero-order chi connectivity index (χ0) is 92.0. The zero-order valence-electron chi connectivity index (χ0n) is 75.4. The number of ether oxygens (including phenoxy) is 5. The Hall–Kier alpha value is -9.80. The Labute approximate surface area is 857 Å². The minimum absolute atomic E-state index is 0. The molecule has 14 rings (SSSR count). The number of methoxy groups -OCH3 is 3. The number of carbonyl (C=O) groups is 12. The molecule has 0 fully saturated rings. The number of benzene rings is 8. The van der Waals surface area contributed by atoms with E-state index in [4.69, 9.17) is 34.2 Å². The summed E-state index contributed by atoms with van der Waals surface area (Å²) >= 11 is 6.84. The molecule has 8 aromatic carbocycles. The summed E-state index contributed by atoms with van der Waals surface area (Å²) in [7, 11) is 4.14. The first-order chi connectivity index (χ1) is 61.5. The van der Waals surface area contributed by atoms with Crippen LogP contribution in [0.15, 0.2) is 161 Å². The maximum Gasteiger partial charge on any atom is 1.00 e. The van der Waals surface area contributed by atoms with Crippen LogP contribution in [0.1, 0.15) is 174 Å². The van der Waals surface area contributed by atoms with Crippen molar-refractivity contribution in [3.63, 3.8) is 0 Å². The number of fused-ring (bicyclic) bond motifs is 12. The van der Waals surface area contributed by atoms with Gasteiger partial charge < -0.3 is 61.6 Å². The minimum Gasteiger partial charge on any atom is -1.00 e. The third kappa shape index (κ3) is 27.0. The number of Topliss-reactive ketones (excluding diaryl/α,β-unsaturated/α-hetero) is 2. The van der Waals surface area contributed by atoms with E-state index < -0.39 is 29.8 Å². The maximum absolute atomic E-state index is 14.1. The molecular weight excluding hydrogens is 1850 g/mol. The van der Waals surface area contributed by atoms with Crippen LogP contribution in [0, 0.1) is 25.7 Å². The molecule has 0 saturated heterocycles. The van der Waals surface area contributed by atoms with Gasteiger partial charge in [-0.3, -0.25) is 87.2 Å². The van der Waals surface area contributed by atoms with E-state index in [0.29, 0.717) is 128 Å². The number of esters is 2. The number of hydrogen-bond donors (Lipinski definition) is 5. The van der Waals surface area contributed by atoms with Crippen molar-refractivity contribution in [3.05, 3.63) is 212 Å². The molecule has 0 radical (unpaired) electrons. The van der Waals surface area contributed by atoms with Crippen LogP contribution >= 0.6 is 31.9 Å². The van der Waals surface area contributed by atoms with Crippen molar-refractivity contribution in [1.82, 2.24) is 10.6 Å². The number of phenols is 1. The van der Waals surface area contributed by atoms with Crippen molar-refractivity contribution >= 4 is 167 Å².